The molecule has 0 fully saturated rings. The molecule has 0 aliphatic heterocycles. The van der Waals surface area contributed by atoms with Crippen molar-refractivity contribution in [3.8, 4) is 5.75 Å². The van der Waals surface area contributed by atoms with Gasteiger partial charge in [0, 0.05) is 27.9 Å². The predicted octanol–water partition coefficient (Wildman–Crippen LogP) is 6.52. The van der Waals surface area contributed by atoms with Gasteiger partial charge in [-0.3, -0.25) is 9.48 Å². The number of carbonyl (C=O) groups is 1. The molecule has 0 aliphatic rings. The Morgan fingerprint density at radius 2 is 1.79 bits per heavy atom. The molecule has 1 aromatic heterocycles. The Balaban J connectivity index is 1.44. The molecule has 1 N–H and O–H groups in total. The van der Waals surface area contributed by atoms with Gasteiger partial charge in [-0.15, -0.1) is 0 Å². The van der Waals surface area contributed by atoms with Gasteiger partial charge in [0.25, 0.3) is 5.91 Å². The quantitative estimate of drug-likeness (QED) is 0.325. The maximum Gasteiger partial charge on any atom is 0.256 e. The van der Waals surface area contributed by atoms with Gasteiger partial charge in [-0.1, -0.05) is 53.5 Å². The maximum absolute atomic E-state index is 14.1. The number of nitrogens with one attached hydrogen (secondary N) is 1. The van der Waals surface area contributed by atoms with Gasteiger partial charge < -0.3 is 10.1 Å². The molecule has 4 rings (SSSR count). The molecule has 1 heterocycles. The van der Waals surface area contributed by atoms with E-state index in [1.165, 1.54) is 6.07 Å². The van der Waals surface area contributed by atoms with Crippen molar-refractivity contribution in [2.45, 2.75) is 20.1 Å². The van der Waals surface area contributed by atoms with Crippen LogP contribution in [-0.4, -0.2) is 15.7 Å². The molecule has 4 aromatic rings. The Morgan fingerprint density at radius 3 is 2.58 bits per heavy atom. The van der Waals surface area contributed by atoms with E-state index in [9.17, 15) is 9.18 Å². The Kier molecular flexibility index (Phi) is 6.96. The predicted molar refractivity (Wildman–Crippen MR) is 128 cm³/mol. The lowest BCUT2D eigenvalue weighted by Gasteiger charge is -2.09. The average Bonchev–Trinajstić information content (AvgIpc) is 3.14. The third-order valence-electron chi connectivity index (χ3n) is 5.01. The Hall–Kier alpha value is -3.35. The van der Waals surface area contributed by atoms with Gasteiger partial charge in [0.15, 0.2) is 5.82 Å². The number of rotatable bonds is 7. The van der Waals surface area contributed by atoms with Gasteiger partial charge in [-0.25, -0.2) is 4.39 Å². The highest BCUT2D eigenvalue weighted by Gasteiger charge is 2.14. The lowest BCUT2D eigenvalue weighted by Crippen LogP contribution is -2.13. The maximum atomic E-state index is 14.1. The molecule has 0 unspecified atom stereocenters. The molecule has 0 saturated heterocycles. The van der Waals surface area contributed by atoms with Crippen LogP contribution in [0.25, 0.3) is 0 Å². The fourth-order valence-electron chi connectivity index (χ4n) is 3.28. The van der Waals surface area contributed by atoms with Gasteiger partial charge in [-0.2, -0.15) is 5.10 Å². The van der Waals surface area contributed by atoms with Crippen molar-refractivity contribution in [3.63, 3.8) is 0 Å². The van der Waals surface area contributed by atoms with Gasteiger partial charge >= 0.3 is 0 Å². The first-order chi connectivity index (χ1) is 15.9. The van der Waals surface area contributed by atoms with E-state index >= 15 is 0 Å². The SMILES string of the molecule is Cc1cc(NC(=O)c2cccc(COc3ccccc3Cl)c2)nn1Cc1c(F)cccc1Cl. The topological polar surface area (TPSA) is 56.1 Å². The zero-order valence-corrected chi connectivity index (χ0v) is 19.2. The second kappa shape index (κ2) is 10.1. The highest BCUT2D eigenvalue weighted by Crippen LogP contribution is 2.24. The molecule has 5 nitrogen and oxygen atoms in total. The minimum absolute atomic E-state index is 0.155. The number of aryl methyl sites for hydroxylation is 1. The van der Waals surface area contributed by atoms with Crippen LogP contribution in [0.5, 0.6) is 5.75 Å². The van der Waals surface area contributed by atoms with Crippen LogP contribution in [-0.2, 0) is 13.2 Å². The summed E-state index contributed by atoms with van der Waals surface area (Å²) in [6.45, 7) is 2.24. The number of ether oxygens (including phenoxy) is 1. The van der Waals surface area contributed by atoms with Crippen molar-refractivity contribution in [2.75, 3.05) is 5.32 Å². The molecule has 33 heavy (non-hydrogen) atoms. The molecule has 0 bridgehead atoms. The van der Waals surface area contributed by atoms with Crippen LogP contribution in [0, 0.1) is 12.7 Å². The molecule has 0 atom stereocenters. The van der Waals surface area contributed by atoms with E-state index < -0.39 is 5.82 Å². The smallest absolute Gasteiger partial charge is 0.256 e. The summed E-state index contributed by atoms with van der Waals surface area (Å²) in [6.07, 6.45) is 0. The van der Waals surface area contributed by atoms with Crippen LogP contribution < -0.4 is 10.1 Å². The normalized spacial score (nSPS) is 10.8. The number of amides is 1. The van der Waals surface area contributed by atoms with Gasteiger partial charge in [0.1, 0.15) is 18.2 Å². The molecule has 0 radical (unpaired) electrons. The zero-order chi connectivity index (χ0) is 23.4. The second-order valence-electron chi connectivity index (χ2n) is 7.40. The lowest BCUT2D eigenvalue weighted by atomic mass is 10.1. The van der Waals surface area contributed by atoms with Crippen molar-refractivity contribution in [1.29, 1.82) is 0 Å². The van der Waals surface area contributed by atoms with Crippen molar-refractivity contribution < 1.29 is 13.9 Å². The molecule has 0 aliphatic carbocycles. The summed E-state index contributed by atoms with van der Waals surface area (Å²) in [5, 5.41) is 8.01. The molecule has 1 amide bonds. The van der Waals surface area contributed by atoms with Crippen LogP contribution in [0.1, 0.15) is 27.2 Å². The number of benzene rings is 3. The molecule has 3 aromatic carbocycles. The fourth-order valence-corrected chi connectivity index (χ4v) is 3.69. The highest BCUT2D eigenvalue weighted by molar-refractivity contribution is 6.32. The van der Waals surface area contributed by atoms with Gasteiger partial charge in [0.05, 0.1) is 11.6 Å². The largest absolute Gasteiger partial charge is 0.487 e. The van der Waals surface area contributed by atoms with Crippen LogP contribution in [0.15, 0.2) is 72.8 Å². The number of aromatic nitrogens is 2. The fraction of sp³-hybridized carbons (Fsp3) is 0.120. The van der Waals surface area contributed by atoms with Crippen LogP contribution >= 0.6 is 23.2 Å². The molecular weight excluding hydrogens is 464 g/mol. The highest BCUT2D eigenvalue weighted by atomic mass is 35.5. The number of carbonyl (C=O) groups excluding carboxylic acids is 1. The van der Waals surface area contributed by atoms with E-state index in [4.69, 9.17) is 27.9 Å². The van der Waals surface area contributed by atoms with E-state index in [-0.39, 0.29) is 19.1 Å². The van der Waals surface area contributed by atoms with Crippen molar-refractivity contribution in [1.82, 2.24) is 9.78 Å². The summed E-state index contributed by atoms with van der Waals surface area (Å²) in [7, 11) is 0. The number of anilines is 1. The van der Waals surface area contributed by atoms with E-state index in [0.717, 1.165) is 11.3 Å². The number of halogens is 3. The number of hydrogen-bond donors (Lipinski definition) is 1. The van der Waals surface area contributed by atoms with E-state index in [0.29, 0.717) is 32.7 Å². The van der Waals surface area contributed by atoms with E-state index in [1.54, 1.807) is 53.2 Å². The minimum atomic E-state index is -0.404. The summed E-state index contributed by atoms with van der Waals surface area (Å²) in [6, 6.07) is 20.6. The minimum Gasteiger partial charge on any atom is -0.487 e. The first-order valence-corrected chi connectivity index (χ1v) is 10.9. The van der Waals surface area contributed by atoms with Gasteiger partial charge in [0.2, 0.25) is 0 Å². The molecule has 8 heteroatoms. The summed E-state index contributed by atoms with van der Waals surface area (Å²) >= 11 is 12.2. The molecule has 0 spiro atoms. The Labute approximate surface area is 200 Å². The second-order valence-corrected chi connectivity index (χ2v) is 8.22. The lowest BCUT2D eigenvalue weighted by molar-refractivity contribution is 0.102. The van der Waals surface area contributed by atoms with Crippen molar-refractivity contribution >= 4 is 34.9 Å². The van der Waals surface area contributed by atoms with Crippen LogP contribution in [0.2, 0.25) is 10.0 Å². The van der Waals surface area contributed by atoms with Gasteiger partial charge in [-0.05, 0) is 48.9 Å². The average molecular weight is 484 g/mol. The summed E-state index contributed by atoms with van der Waals surface area (Å²) < 4.78 is 21.5. The van der Waals surface area contributed by atoms with E-state index in [1.807, 2.05) is 25.1 Å². The van der Waals surface area contributed by atoms with Crippen LogP contribution in [0.3, 0.4) is 0 Å². The van der Waals surface area contributed by atoms with Crippen LogP contribution in [0.4, 0.5) is 10.2 Å². The van der Waals surface area contributed by atoms with E-state index in [2.05, 4.69) is 10.4 Å². The summed E-state index contributed by atoms with van der Waals surface area (Å²) in [5.41, 5.74) is 2.37. The first kappa shape index (κ1) is 22.8. The van der Waals surface area contributed by atoms with Crippen molar-refractivity contribution in [3.05, 3.63) is 111 Å². The third-order valence-corrected chi connectivity index (χ3v) is 5.68. The molecule has 168 valence electrons. The van der Waals surface area contributed by atoms with Crippen molar-refractivity contribution in [2.24, 2.45) is 0 Å². The number of para-hydroxylation sites is 1. The summed E-state index contributed by atoms with van der Waals surface area (Å²) in [5.74, 6) is 0.217. The first-order valence-electron chi connectivity index (χ1n) is 10.2. The standard InChI is InChI=1S/C25H20Cl2FN3O2/c1-16-12-24(30-31(16)14-19-20(26)9-5-10-22(19)28)29-25(32)18-7-4-6-17(13-18)15-33-23-11-3-2-8-21(23)27/h2-13H,14-15H2,1H3,(H,29,30,32). The number of hydrogen-bond acceptors (Lipinski definition) is 3. The Bertz CT molecular complexity index is 1290. The molecule has 0 saturated carbocycles. The monoisotopic (exact) mass is 483 g/mol. The Morgan fingerprint density at radius 1 is 1.03 bits per heavy atom. The third kappa shape index (κ3) is 5.53. The summed E-state index contributed by atoms with van der Waals surface area (Å²) in [4.78, 5) is 12.8. The zero-order valence-electron chi connectivity index (χ0n) is 17.7. The molecular formula is C25H20Cl2FN3O2. The number of nitrogens with zero attached hydrogens (tertiary/aromatic N) is 2.